The number of nitrogens with one attached hydrogen (secondary N) is 1. The summed E-state index contributed by atoms with van der Waals surface area (Å²) in [6, 6.07) is 11.5. The van der Waals surface area contributed by atoms with Crippen LogP contribution in [0.15, 0.2) is 45.7 Å². The number of hydrogen-bond acceptors (Lipinski definition) is 5. The molecule has 1 aromatic carbocycles. The average Bonchev–Trinajstić information content (AvgIpc) is 3.07. The Labute approximate surface area is 171 Å². The van der Waals surface area contributed by atoms with Gasteiger partial charge in [0.05, 0.1) is 5.69 Å². The zero-order valence-corrected chi connectivity index (χ0v) is 18.0. The van der Waals surface area contributed by atoms with Crippen LogP contribution in [-0.4, -0.2) is 32.2 Å². The highest BCUT2D eigenvalue weighted by Crippen LogP contribution is 2.31. The summed E-state index contributed by atoms with van der Waals surface area (Å²) in [5.41, 5.74) is 0.640. The number of para-hydroxylation sites is 1. The van der Waals surface area contributed by atoms with Crippen LogP contribution in [0.5, 0.6) is 0 Å². The molecule has 2 aromatic rings. The van der Waals surface area contributed by atoms with Crippen LogP contribution in [0.3, 0.4) is 0 Å². The number of benzene rings is 1. The molecule has 0 bridgehead atoms. The van der Waals surface area contributed by atoms with Gasteiger partial charge in [0, 0.05) is 28.8 Å². The first kappa shape index (κ1) is 19.6. The fourth-order valence-corrected chi connectivity index (χ4v) is 6.45. The van der Waals surface area contributed by atoms with Crippen molar-refractivity contribution in [3.05, 3.63) is 46.2 Å². The van der Waals surface area contributed by atoms with E-state index in [1.807, 2.05) is 23.5 Å². The van der Waals surface area contributed by atoms with Crippen molar-refractivity contribution >= 4 is 32.9 Å². The van der Waals surface area contributed by atoms with Gasteiger partial charge in [0.1, 0.15) is 10.7 Å². The number of hydrogen-bond donors (Lipinski definition) is 1. The molecule has 4 rings (SSSR count). The zero-order chi connectivity index (χ0) is 19.7. The van der Waals surface area contributed by atoms with Crippen LogP contribution in [0.1, 0.15) is 36.4 Å². The molecule has 1 atom stereocenters. The van der Waals surface area contributed by atoms with Crippen molar-refractivity contribution in [2.45, 2.75) is 44.6 Å². The molecule has 0 radical (unpaired) electrons. The highest BCUT2D eigenvalue weighted by molar-refractivity contribution is 7.90. The highest BCUT2D eigenvalue weighted by atomic mass is 32.2. The number of fused-ring (bicyclic) bond motifs is 1. The molecule has 2 aliphatic heterocycles. The lowest BCUT2D eigenvalue weighted by atomic mass is 9.96. The van der Waals surface area contributed by atoms with Crippen molar-refractivity contribution in [1.29, 1.82) is 0 Å². The maximum Gasteiger partial charge on any atom is 0.286 e. The van der Waals surface area contributed by atoms with Gasteiger partial charge in [0.25, 0.3) is 10.0 Å². The molecule has 3 heterocycles. The third kappa shape index (κ3) is 4.31. The van der Waals surface area contributed by atoms with Gasteiger partial charge in [-0.3, -0.25) is 4.90 Å². The summed E-state index contributed by atoms with van der Waals surface area (Å²) in [4.78, 5) is 5.52. The predicted molar refractivity (Wildman–Crippen MR) is 116 cm³/mol. The van der Waals surface area contributed by atoms with E-state index in [0.29, 0.717) is 17.4 Å². The molecule has 0 aliphatic carbocycles. The number of nitrogens with zero attached hydrogens (tertiary/aromatic N) is 2. The normalized spacial score (nSPS) is 21.8. The standard InChI is InChI=1S/C21H27N3O2S2/c1-15(2)12-17-9-10-18(27-17)14-24-11-5-6-16(13-24)21-22-19-7-3-4-8-20(19)28(25,26)23-21/h3-4,7-10,15-16H,5-6,11-14H2,1-2H3,(H,22,23)/t16-/m1/s1. The number of likely N-dealkylation sites (tertiary alicyclic amines) is 1. The molecule has 1 saturated heterocycles. The summed E-state index contributed by atoms with van der Waals surface area (Å²) in [6.07, 6.45) is 3.14. The van der Waals surface area contributed by atoms with Crippen molar-refractivity contribution in [3.63, 3.8) is 0 Å². The molecule has 0 amide bonds. The molecule has 0 saturated carbocycles. The van der Waals surface area contributed by atoms with Crippen molar-refractivity contribution < 1.29 is 8.42 Å². The number of thiophene rings is 1. The summed E-state index contributed by atoms with van der Waals surface area (Å²) < 4.78 is 29.2. The SMILES string of the molecule is CC(C)Cc1ccc(CN2CCC[C@@H](C3=NS(=O)(=O)c4ccccc4N3)C2)s1. The fourth-order valence-electron chi connectivity index (χ4n) is 3.97. The first-order valence-corrected chi connectivity index (χ1v) is 12.2. The monoisotopic (exact) mass is 417 g/mol. The van der Waals surface area contributed by atoms with Gasteiger partial charge in [-0.25, -0.2) is 0 Å². The second kappa shape index (κ2) is 7.97. The van der Waals surface area contributed by atoms with Crippen molar-refractivity contribution in [2.24, 2.45) is 16.2 Å². The Morgan fingerprint density at radius 3 is 2.82 bits per heavy atom. The van der Waals surface area contributed by atoms with Gasteiger partial charge in [-0.2, -0.15) is 8.42 Å². The summed E-state index contributed by atoms with van der Waals surface area (Å²) in [6.45, 7) is 7.30. The molecule has 0 spiro atoms. The molecule has 7 heteroatoms. The number of amidine groups is 1. The predicted octanol–water partition coefficient (Wildman–Crippen LogP) is 4.37. The maximum atomic E-state index is 12.5. The van der Waals surface area contributed by atoms with E-state index < -0.39 is 10.0 Å². The van der Waals surface area contributed by atoms with Crippen LogP contribution in [0.25, 0.3) is 0 Å². The molecule has 5 nitrogen and oxygen atoms in total. The van der Waals surface area contributed by atoms with Crippen LogP contribution in [0, 0.1) is 11.8 Å². The van der Waals surface area contributed by atoms with E-state index >= 15 is 0 Å². The van der Waals surface area contributed by atoms with Crippen LogP contribution in [0.2, 0.25) is 0 Å². The van der Waals surface area contributed by atoms with E-state index in [1.165, 1.54) is 9.75 Å². The van der Waals surface area contributed by atoms with Crippen LogP contribution < -0.4 is 5.32 Å². The Bertz CT molecular complexity index is 979. The van der Waals surface area contributed by atoms with Gasteiger partial charge >= 0.3 is 0 Å². The fraction of sp³-hybridized carbons (Fsp3) is 0.476. The molecule has 1 fully saturated rings. The highest BCUT2D eigenvalue weighted by Gasteiger charge is 2.31. The van der Waals surface area contributed by atoms with E-state index in [1.54, 1.807) is 12.1 Å². The second-order valence-electron chi connectivity index (χ2n) is 8.11. The largest absolute Gasteiger partial charge is 0.342 e. The van der Waals surface area contributed by atoms with Gasteiger partial charge in [-0.1, -0.05) is 26.0 Å². The number of anilines is 1. The Balaban J connectivity index is 1.46. The topological polar surface area (TPSA) is 61.8 Å². The van der Waals surface area contributed by atoms with Gasteiger partial charge < -0.3 is 5.32 Å². The zero-order valence-electron chi connectivity index (χ0n) is 16.4. The van der Waals surface area contributed by atoms with E-state index in [9.17, 15) is 8.42 Å². The Morgan fingerprint density at radius 2 is 2.00 bits per heavy atom. The minimum atomic E-state index is -3.62. The van der Waals surface area contributed by atoms with Crippen molar-refractivity contribution in [2.75, 3.05) is 18.4 Å². The molecule has 1 N–H and O–H groups in total. The van der Waals surface area contributed by atoms with Gasteiger partial charge in [0.2, 0.25) is 0 Å². The molecular formula is C21H27N3O2S2. The summed E-state index contributed by atoms with van der Waals surface area (Å²) in [5.74, 6) is 1.38. The second-order valence-corrected chi connectivity index (χ2v) is 10.9. The summed E-state index contributed by atoms with van der Waals surface area (Å²) >= 11 is 1.90. The average molecular weight is 418 g/mol. The maximum absolute atomic E-state index is 12.5. The van der Waals surface area contributed by atoms with Crippen molar-refractivity contribution in [3.8, 4) is 0 Å². The van der Waals surface area contributed by atoms with E-state index in [-0.39, 0.29) is 10.8 Å². The van der Waals surface area contributed by atoms with Crippen LogP contribution in [-0.2, 0) is 23.0 Å². The quantitative estimate of drug-likeness (QED) is 0.785. The van der Waals surface area contributed by atoms with Crippen LogP contribution in [0.4, 0.5) is 5.69 Å². The summed E-state index contributed by atoms with van der Waals surface area (Å²) in [7, 11) is -3.62. The number of sulfonamides is 1. The molecule has 28 heavy (non-hydrogen) atoms. The first-order valence-electron chi connectivity index (χ1n) is 9.91. The Kier molecular flexibility index (Phi) is 5.58. The Hall–Kier alpha value is -1.70. The Morgan fingerprint density at radius 1 is 1.21 bits per heavy atom. The molecule has 0 unspecified atom stereocenters. The van der Waals surface area contributed by atoms with E-state index in [4.69, 9.17) is 0 Å². The lowest BCUT2D eigenvalue weighted by Crippen LogP contribution is -2.41. The van der Waals surface area contributed by atoms with Gasteiger partial charge in [-0.05, 0) is 56.0 Å². The third-order valence-corrected chi connectivity index (χ3v) is 7.69. The molecule has 150 valence electrons. The number of piperidine rings is 1. The minimum absolute atomic E-state index is 0.118. The first-order chi connectivity index (χ1) is 13.4. The number of rotatable bonds is 5. The molecule has 2 aliphatic rings. The molecular weight excluding hydrogens is 390 g/mol. The van der Waals surface area contributed by atoms with Gasteiger partial charge in [-0.15, -0.1) is 15.7 Å². The third-order valence-electron chi connectivity index (χ3n) is 5.24. The van der Waals surface area contributed by atoms with Crippen molar-refractivity contribution in [1.82, 2.24) is 4.90 Å². The lowest BCUT2D eigenvalue weighted by Gasteiger charge is -2.34. The summed E-state index contributed by atoms with van der Waals surface area (Å²) in [5, 5.41) is 3.28. The van der Waals surface area contributed by atoms with E-state index in [2.05, 4.69) is 40.6 Å². The van der Waals surface area contributed by atoms with Gasteiger partial charge in [0.15, 0.2) is 0 Å². The molecule has 1 aromatic heterocycles. The van der Waals surface area contributed by atoms with Crippen LogP contribution >= 0.6 is 11.3 Å². The van der Waals surface area contributed by atoms with E-state index in [0.717, 1.165) is 38.9 Å². The smallest absolute Gasteiger partial charge is 0.286 e. The lowest BCUT2D eigenvalue weighted by molar-refractivity contribution is 0.198. The minimum Gasteiger partial charge on any atom is -0.342 e.